The summed E-state index contributed by atoms with van der Waals surface area (Å²) in [4.78, 5) is 12.0. The molecule has 0 aliphatic carbocycles. The molecule has 1 fully saturated rings. The molecule has 6 nitrogen and oxygen atoms in total. The molecule has 18 heavy (non-hydrogen) atoms. The van der Waals surface area contributed by atoms with Gasteiger partial charge in [-0.05, 0) is 12.5 Å². The second-order valence-electron chi connectivity index (χ2n) is 4.48. The van der Waals surface area contributed by atoms with E-state index < -0.39 is 6.10 Å². The van der Waals surface area contributed by atoms with E-state index >= 15 is 0 Å². The van der Waals surface area contributed by atoms with Gasteiger partial charge in [-0.1, -0.05) is 12.1 Å². The molecule has 4 N–H and O–H groups in total. The first kappa shape index (κ1) is 11.2. The Morgan fingerprint density at radius 1 is 1.50 bits per heavy atom. The number of para-hydroxylation sites is 1. The number of hydrogen-bond donors (Lipinski definition) is 4. The lowest BCUT2D eigenvalue weighted by molar-refractivity contribution is -0.117. The van der Waals surface area contributed by atoms with Gasteiger partial charge in [0.2, 0.25) is 5.91 Å². The van der Waals surface area contributed by atoms with Gasteiger partial charge in [0, 0.05) is 11.9 Å². The lowest BCUT2D eigenvalue weighted by Crippen LogP contribution is -2.35. The number of nitrogens with zero attached hydrogens (tertiary/aromatic N) is 1. The predicted octanol–water partition coefficient (Wildman–Crippen LogP) is 0.224. The van der Waals surface area contributed by atoms with Crippen LogP contribution in [0.15, 0.2) is 24.4 Å². The Bertz CT molecular complexity index is 580. The van der Waals surface area contributed by atoms with Gasteiger partial charge in [0.05, 0.1) is 29.5 Å². The number of fused-ring (bicyclic) bond motifs is 1. The van der Waals surface area contributed by atoms with E-state index in [1.165, 1.54) is 0 Å². The molecule has 1 amide bonds. The van der Waals surface area contributed by atoms with Crippen LogP contribution >= 0.6 is 0 Å². The molecule has 3 rings (SSSR count). The quantitative estimate of drug-likeness (QED) is 0.610. The summed E-state index contributed by atoms with van der Waals surface area (Å²) >= 11 is 0. The Labute approximate surface area is 103 Å². The molecule has 1 saturated heterocycles. The van der Waals surface area contributed by atoms with Gasteiger partial charge in [0.15, 0.2) is 0 Å². The number of aliphatic hydroxyl groups excluding tert-OH is 1. The molecule has 1 aromatic carbocycles. The van der Waals surface area contributed by atoms with Gasteiger partial charge in [0.1, 0.15) is 0 Å². The standard InChI is InChI=1S/C12H14N4O2/c17-8-4-10(13-6-8)12(18)15-9-3-1-2-7-5-14-16-11(7)9/h1-3,5,8,10,13,17H,4,6H2,(H,14,16)(H,15,18). The summed E-state index contributed by atoms with van der Waals surface area (Å²) < 4.78 is 0. The number of amides is 1. The molecular formula is C12H14N4O2. The van der Waals surface area contributed by atoms with Crippen LogP contribution in [0.1, 0.15) is 6.42 Å². The summed E-state index contributed by atoms with van der Waals surface area (Å²) in [5, 5.41) is 23.0. The number of anilines is 1. The number of carbonyl (C=O) groups is 1. The van der Waals surface area contributed by atoms with Gasteiger partial charge in [-0.25, -0.2) is 0 Å². The summed E-state index contributed by atoms with van der Waals surface area (Å²) in [6.07, 6.45) is 1.72. The molecule has 0 spiro atoms. The van der Waals surface area contributed by atoms with Crippen LogP contribution in [0.2, 0.25) is 0 Å². The van der Waals surface area contributed by atoms with E-state index in [2.05, 4.69) is 20.8 Å². The molecular weight excluding hydrogens is 232 g/mol. The first-order valence-electron chi connectivity index (χ1n) is 5.88. The van der Waals surface area contributed by atoms with Crippen molar-refractivity contribution in [2.24, 2.45) is 0 Å². The Kier molecular flexibility index (Phi) is 2.73. The second kappa shape index (κ2) is 4.40. The van der Waals surface area contributed by atoms with Crippen molar-refractivity contribution in [2.75, 3.05) is 11.9 Å². The molecule has 94 valence electrons. The van der Waals surface area contributed by atoms with Gasteiger partial charge in [-0.3, -0.25) is 9.89 Å². The molecule has 6 heteroatoms. The maximum Gasteiger partial charge on any atom is 0.241 e. The zero-order valence-corrected chi connectivity index (χ0v) is 9.68. The lowest BCUT2D eigenvalue weighted by Gasteiger charge is -2.11. The van der Waals surface area contributed by atoms with E-state index in [9.17, 15) is 9.90 Å². The number of aliphatic hydroxyl groups is 1. The van der Waals surface area contributed by atoms with Crippen LogP contribution < -0.4 is 10.6 Å². The molecule has 2 unspecified atom stereocenters. The highest BCUT2D eigenvalue weighted by Gasteiger charge is 2.28. The molecule has 1 aromatic heterocycles. The Morgan fingerprint density at radius 3 is 3.17 bits per heavy atom. The highest BCUT2D eigenvalue weighted by molar-refractivity contribution is 6.02. The van der Waals surface area contributed by atoms with Crippen LogP contribution in [0.4, 0.5) is 5.69 Å². The van der Waals surface area contributed by atoms with Crippen molar-refractivity contribution in [1.29, 1.82) is 0 Å². The van der Waals surface area contributed by atoms with Gasteiger partial charge in [-0.2, -0.15) is 5.10 Å². The fraction of sp³-hybridized carbons (Fsp3) is 0.333. The highest BCUT2D eigenvalue weighted by atomic mass is 16.3. The van der Waals surface area contributed by atoms with Gasteiger partial charge in [0.25, 0.3) is 0 Å². The van der Waals surface area contributed by atoms with E-state index in [1.54, 1.807) is 6.20 Å². The van der Waals surface area contributed by atoms with Crippen molar-refractivity contribution in [3.05, 3.63) is 24.4 Å². The topological polar surface area (TPSA) is 90.0 Å². The van der Waals surface area contributed by atoms with E-state index in [-0.39, 0.29) is 11.9 Å². The van der Waals surface area contributed by atoms with Gasteiger partial charge >= 0.3 is 0 Å². The van der Waals surface area contributed by atoms with Crippen LogP contribution in [-0.2, 0) is 4.79 Å². The van der Waals surface area contributed by atoms with Crippen molar-refractivity contribution in [3.63, 3.8) is 0 Å². The molecule has 2 atom stereocenters. The van der Waals surface area contributed by atoms with E-state index in [0.717, 1.165) is 10.9 Å². The molecule has 0 radical (unpaired) electrons. The highest BCUT2D eigenvalue weighted by Crippen LogP contribution is 2.21. The smallest absolute Gasteiger partial charge is 0.241 e. The molecule has 0 saturated carbocycles. The summed E-state index contributed by atoms with van der Waals surface area (Å²) in [6, 6.07) is 5.28. The summed E-state index contributed by atoms with van der Waals surface area (Å²) in [5.74, 6) is -0.131. The Balaban J connectivity index is 1.80. The van der Waals surface area contributed by atoms with Crippen molar-refractivity contribution in [3.8, 4) is 0 Å². The van der Waals surface area contributed by atoms with Crippen molar-refractivity contribution < 1.29 is 9.90 Å². The lowest BCUT2D eigenvalue weighted by atomic mass is 10.1. The predicted molar refractivity (Wildman–Crippen MR) is 67.1 cm³/mol. The number of benzene rings is 1. The average Bonchev–Trinajstić information content (AvgIpc) is 2.97. The van der Waals surface area contributed by atoms with Crippen LogP contribution in [0.3, 0.4) is 0 Å². The average molecular weight is 246 g/mol. The number of nitrogens with one attached hydrogen (secondary N) is 3. The normalized spacial score (nSPS) is 23.4. The van der Waals surface area contributed by atoms with E-state index in [4.69, 9.17) is 0 Å². The Hall–Kier alpha value is -1.92. The zero-order valence-electron chi connectivity index (χ0n) is 9.68. The minimum atomic E-state index is -0.441. The maximum atomic E-state index is 12.0. The van der Waals surface area contributed by atoms with E-state index in [1.807, 2.05) is 18.2 Å². The summed E-state index contributed by atoms with van der Waals surface area (Å²) in [7, 11) is 0. The number of rotatable bonds is 2. The number of hydrogen-bond acceptors (Lipinski definition) is 4. The largest absolute Gasteiger partial charge is 0.392 e. The van der Waals surface area contributed by atoms with Crippen LogP contribution in [0, 0.1) is 0 Å². The van der Waals surface area contributed by atoms with E-state index in [0.29, 0.717) is 18.7 Å². The van der Waals surface area contributed by atoms with Crippen LogP contribution in [0.25, 0.3) is 10.9 Å². The third-order valence-electron chi connectivity index (χ3n) is 3.16. The monoisotopic (exact) mass is 246 g/mol. The number of H-pyrrole nitrogens is 1. The molecule has 2 heterocycles. The first-order chi connectivity index (χ1) is 8.74. The van der Waals surface area contributed by atoms with Gasteiger partial charge < -0.3 is 15.7 Å². The molecule has 1 aliphatic heterocycles. The minimum Gasteiger partial charge on any atom is -0.392 e. The van der Waals surface area contributed by atoms with Crippen LogP contribution in [-0.4, -0.2) is 39.9 Å². The van der Waals surface area contributed by atoms with Crippen molar-refractivity contribution in [2.45, 2.75) is 18.6 Å². The Morgan fingerprint density at radius 2 is 2.39 bits per heavy atom. The summed E-state index contributed by atoms with van der Waals surface area (Å²) in [5.41, 5.74) is 1.52. The SMILES string of the molecule is O=C(Nc1cccc2cn[nH]c12)C1CC(O)CN1. The summed E-state index contributed by atoms with van der Waals surface area (Å²) in [6.45, 7) is 0.465. The first-order valence-corrected chi connectivity index (χ1v) is 5.88. The fourth-order valence-electron chi connectivity index (χ4n) is 2.21. The van der Waals surface area contributed by atoms with Crippen molar-refractivity contribution >= 4 is 22.5 Å². The molecule has 1 aliphatic rings. The number of aromatic nitrogens is 2. The zero-order chi connectivity index (χ0) is 12.5. The van der Waals surface area contributed by atoms with Gasteiger partial charge in [-0.15, -0.1) is 0 Å². The number of carbonyl (C=O) groups excluding carboxylic acids is 1. The minimum absolute atomic E-state index is 0.131. The third kappa shape index (κ3) is 1.96. The second-order valence-corrected chi connectivity index (χ2v) is 4.48. The third-order valence-corrected chi connectivity index (χ3v) is 3.16. The fourth-order valence-corrected chi connectivity index (χ4v) is 2.21. The maximum absolute atomic E-state index is 12.0. The molecule has 2 aromatic rings. The number of β-amino-alcohol motifs (C(OH)–C–C–N with tert-alkyl or cyclic N) is 1. The molecule has 0 bridgehead atoms. The van der Waals surface area contributed by atoms with Crippen molar-refractivity contribution in [1.82, 2.24) is 15.5 Å². The van der Waals surface area contributed by atoms with Crippen LogP contribution in [0.5, 0.6) is 0 Å². The number of aromatic amines is 1.